The molecule has 3 N–H and O–H groups in total. The van der Waals surface area contributed by atoms with Crippen LogP contribution in [0, 0.1) is 13.8 Å². The number of nitrogens with two attached hydrogens (primary N) is 1. The molecular formula is C14H19BrN6O2. The Kier molecular flexibility index (Phi) is 4.88. The number of aryl methyl sites for hydroxylation is 2. The van der Waals surface area contributed by atoms with Gasteiger partial charge in [0.1, 0.15) is 6.04 Å². The van der Waals surface area contributed by atoms with Gasteiger partial charge >= 0.3 is 0 Å². The van der Waals surface area contributed by atoms with Gasteiger partial charge in [0.2, 0.25) is 5.91 Å². The van der Waals surface area contributed by atoms with Gasteiger partial charge < -0.3 is 11.1 Å². The second-order valence-electron chi connectivity index (χ2n) is 5.21. The van der Waals surface area contributed by atoms with Gasteiger partial charge in [-0.15, -0.1) is 0 Å². The van der Waals surface area contributed by atoms with E-state index in [9.17, 15) is 9.59 Å². The zero-order valence-electron chi connectivity index (χ0n) is 13.4. The van der Waals surface area contributed by atoms with Gasteiger partial charge in [-0.2, -0.15) is 10.2 Å². The molecule has 1 unspecified atom stereocenters. The first-order chi connectivity index (χ1) is 10.8. The van der Waals surface area contributed by atoms with Crippen LogP contribution >= 0.6 is 15.9 Å². The summed E-state index contributed by atoms with van der Waals surface area (Å²) in [7, 11) is 0. The highest BCUT2D eigenvalue weighted by atomic mass is 79.9. The summed E-state index contributed by atoms with van der Waals surface area (Å²) in [6.45, 7) is 7.90. The van der Waals surface area contributed by atoms with E-state index in [0.29, 0.717) is 12.2 Å². The summed E-state index contributed by atoms with van der Waals surface area (Å²) in [5, 5.41) is 11.1. The summed E-state index contributed by atoms with van der Waals surface area (Å²) in [4.78, 5) is 23.9. The van der Waals surface area contributed by atoms with Gasteiger partial charge in [0, 0.05) is 12.7 Å². The highest BCUT2D eigenvalue weighted by Crippen LogP contribution is 2.24. The molecule has 0 spiro atoms. The van der Waals surface area contributed by atoms with Crippen LogP contribution in [0.15, 0.2) is 10.7 Å². The number of primary amides is 1. The first-order valence-electron chi connectivity index (χ1n) is 7.15. The number of nitrogens with one attached hydrogen (secondary N) is 1. The Bertz CT molecular complexity index is 764. The van der Waals surface area contributed by atoms with Crippen LogP contribution in [0.3, 0.4) is 0 Å². The van der Waals surface area contributed by atoms with Crippen molar-refractivity contribution in [2.24, 2.45) is 5.73 Å². The van der Waals surface area contributed by atoms with Gasteiger partial charge in [-0.1, -0.05) is 0 Å². The number of halogens is 1. The molecule has 0 radical (unpaired) electrons. The Morgan fingerprint density at radius 2 is 2.04 bits per heavy atom. The fraction of sp³-hybridized carbons (Fsp3) is 0.429. The fourth-order valence-corrected chi connectivity index (χ4v) is 2.49. The van der Waals surface area contributed by atoms with Crippen molar-refractivity contribution in [3.8, 4) is 0 Å². The van der Waals surface area contributed by atoms with Crippen LogP contribution in [0.2, 0.25) is 0 Å². The van der Waals surface area contributed by atoms with Crippen molar-refractivity contribution in [2.45, 2.75) is 40.3 Å². The predicted octanol–water partition coefficient (Wildman–Crippen LogP) is 1.78. The van der Waals surface area contributed by atoms with Crippen molar-refractivity contribution in [1.82, 2.24) is 19.6 Å². The van der Waals surface area contributed by atoms with Gasteiger partial charge in [0.15, 0.2) is 5.69 Å². The quantitative estimate of drug-likeness (QED) is 0.821. The van der Waals surface area contributed by atoms with E-state index >= 15 is 0 Å². The van der Waals surface area contributed by atoms with E-state index in [0.717, 1.165) is 15.9 Å². The van der Waals surface area contributed by atoms with Crippen LogP contribution in [0.25, 0.3) is 0 Å². The van der Waals surface area contributed by atoms with Crippen molar-refractivity contribution in [3.05, 3.63) is 27.8 Å². The van der Waals surface area contributed by atoms with Gasteiger partial charge in [-0.3, -0.25) is 19.0 Å². The molecule has 0 aliphatic heterocycles. The van der Waals surface area contributed by atoms with E-state index in [1.165, 1.54) is 0 Å². The van der Waals surface area contributed by atoms with E-state index in [-0.39, 0.29) is 11.6 Å². The Labute approximate surface area is 142 Å². The monoisotopic (exact) mass is 382 g/mol. The van der Waals surface area contributed by atoms with Crippen LogP contribution in [-0.4, -0.2) is 31.4 Å². The lowest BCUT2D eigenvalue weighted by Gasteiger charge is -2.14. The molecule has 2 aromatic heterocycles. The minimum absolute atomic E-state index is 0.0435. The third kappa shape index (κ3) is 3.29. The number of nitrogens with zero attached hydrogens (tertiary/aromatic N) is 4. The number of hydrogen-bond acceptors (Lipinski definition) is 4. The standard InChI is InChI=1S/C14H19BrN6O2/c1-5-20-6-10(12(19-20)13(16)22)17-14(23)9(4)21-8(3)11(15)7(2)18-21/h6,9H,5H2,1-4H3,(H2,16,22)(H,17,23). The molecule has 0 bridgehead atoms. The molecule has 2 aromatic rings. The second-order valence-corrected chi connectivity index (χ2v) is 6.00. The molecule has 2 rings (SSSR count). The SMILES string of the molecule is CCn1cc(NC(=O)C(C)n2nc(C)c(Br)c2C)c(C(N)=O)n1. The third-order valence-corrected chi connectivity index (χ3v) is 4.71. The number of carbonyl (C=O) groups excluding carboxylic acids is 2. The second kappa shape index (κ2) is 6.53. The lowest BCUT2D eigenvalue weighted by molar-refractivity contribution is -0.119. The van der Waals surface area contributed by atoms with Crippen LogP contribution in [0.4, 0.5) is 5.69 Å². The maximum absolute atomic E-state index is 12.5. The molecule has 0 aliphatic carbocycles. The average Bonchev–Trinajstić information content (AvgIpc) is 3.03. The molecule has 0 saturated carbocycles. The van der Waals surface area contributed by atoms with Crippen molar-refractivity contribution >= 4 is 33.4 Å². The lowest BCUT2D eigenvalue weighted by atomic mass is 10.2. The molecule has 8 nitrogen and oxygen atoms in total. The summed E-state index contributed by atoms with van der Waals surface area (Å²) in [5.74, 6) is -0.990. The molecule has 2 heterocycles. The van der Waals surface area contributed by atoms with Crippen molar-refractivity contribution in [2.75, 3.05) is 5.32 Å². The number of anilines is 1. The number of rotatable bonds is 5. The van der Waals surface area contributed by atoms with Crippen molar-refractivity contribution in [3.63, 3.8) is 0 Å². The number of amides is 2. The predicted molar refractivity (Wildman–Crippen MR) is 89.2 cm³/mol. The van der Waals surface area contributed by atoms with E-state index < -0.39 is 11.9 Å². The maximum atomic E-state index is 12.5. The average molecular weight is 383 g/mol. The van der Waals surface area contributed by atoms with Crippen LogP contribution in [-0.2, 0) is 11.3 Å². The molecule has 23 heavy (non-hydrogen) atoms. The highest BCUT2D eigenvalue weighted by Gasteiger charge is 2.23. The van der Waals surface area contributed by atoms with E-state index in [1.54, 1.807) is 22.5 Å². The number of aromatic nitrogens is 4. The lowest BCUT2D eigenvalue weighted by Crippen LogP contribution is -2.26. The van der Waals surface area contributed by atoms with Gasteiger partial charge in [-0.25, -0.2) is 0 Å². The smallest absolute Gasteiger partial charge is 0.271 e. The Morgan fingerprint density at radius 3 is 2.52 bits per heavy atom. The molecule has 0 fully saturated rings. The molecule has 0 saturated heterocycles. The van der Waals surface area contributed by atoms with Crippen LogP contribution in [0.1, 0.15) is 41.8 Å². The summed E-state index contributed by atoms with van der Waals surface area (Å²) < 4.78 is 4.04. The zero-order valence-corrected chi connectivity index (χ0v) is 15.0. The molecule has 1 atom stereocenters. The summed E-state index contributed by atoms with van der Waals surface area (Å²) in [6.07, 6.45) is 1.59. The summed E-state index contributed by atoms with van der Waals surface area (Å²) >= 11 is 3.44. The topological polar surface area (TPSA) is 108 Å². The van der Waals surface area contributed by atoms with Crippen molar-refractivity contribution in [1.29, 1.82) is 0 Å². The zero-order chi connectivity index (χ0) is 17.3. The van der Waals surface area contributed by atoms with Crippen LogP contribution < -0.4 is 11.1 Å². The van der Waals surface area contributed by atoms with Gasteiger partial charge in [0.25, 0.3) is 5.91 Å². The van der Waals surface area contributed by atoms with Gasteiger partial charge in [-0.05, 0) is 43.6 Å². The molecule has 0 aromatic carbocycles. The molecule has 0 aliphatic rings. The number of carbonyl (C=O) groups is 2. The Hall–Kier alpha value is -2.16. The Morgan fingerprint density at radius 1 is 1.39 bits per heavy atom. The molecular weight excluding hydrogens is 364 g/mol. The van der Waals surface area contributed by atoms with Gasteiger partial charge in [0.05, 0.1) is 21.5 Å². The maximum Gasteiger partial charge on any atom is 0.271 e. The first kappa shape index (κ1) is 17.2. The first-order valence-corrected chi connectivity index (χ1v) is 7.94. The Balaban J connectivity index is 2.26. The van der Waals surface area contributed by atoms with Crippen molar-refractivity contribution < 1.29 is 9.59 Å². The minimum Gasteiger partial charge on any atom is -0.364 e. The van der Waals surface area contributed by atoms with E-state index in [4.69, 9.17) is 5.73 Å². The minimum atomic E-state index is -0.686. The largest absolute Gasteiger partial charge is 0.364 e. The third-order valence-electron chi connectivity index (χ3n) is 3.56. The molecule has 2 amide bonds. The van der Waals surface area contributed by atoms with E-state index in [1.807, 2.05) is 20.8 Å². The molecule has 124 valence electrons. The van der Waals surface area contributed by atoms with E-state index in [2.05, 4.69) is 31.4 Å². The highest BCUT2D eigenvalue weighted by molar-refractivity contribution is 9.10. The summed E-state index contributed by atoms with van der Waals surface area (Å²) in [6, 6.07) is -0.550. The molecule has 9 heteroatoms. The van der Waals surface area contributed by atoms with Crippen LogP contribution in [0.5, 0.6) is 0 Å². The normalized spacial score (nSPS) is 12.2. The summed E-state index contributed by atoms with van der Waals surface area (Å²) in [5.41, 5.74) is 7.30. The fourth-order valence-electron chi connectivity index (χ4n) is 2.23. The number of hydrogen-bond donors (Lipinski definition) is 2.